The van der Waals surface area contributed by atoms with Crippen molar-refractivity contribution < 1.29 is 9.72 Å². The lowest BCUT2D eigenvalue weighted by molar-refractivity contribution is -0.384. The number of nitro groups is 1. The number of non-ortho nitro benzene ring substituents is 1. The zero-order valence-corrected chi connectivity index (χ0v) is 16.2. The molecule has 0 saturated carbocycles. The first-order valence-electron chi connectivity index (χ1n) is 8.80. The van der Waals surface area contributed by atoms with Gasteiger partial charge in [-0.3, -0.25) is 14.9 Å². The van der Waals surface area contributed by atoms with Crippen molar-refractivity contribution in [2.24, 2.45) is 0 Å². The molecule has 0 spiro atoms. The Morgan fingerprint density at radius 3 is 2.90 bits per heavy atom. The van der Waals surface area contributed by atoms with Crippen molar-refractivity contribution >= 4 is 51.1 Å². The van der Waals surface area contributed by atoms with E-state index in [1.165, 1.54) is 23.9 Å². The summed E-state index contributed by atoms with van der Waals surface area (Å²) in [6.45, 7) is 1.78. The number of carbonyl (C=O) groups is 1. The Morgan fingerprint density at radius 1 is 1.24 bits per heavy atom. The van der Waals surface area contributed by atoms with E-state index >= 15 is 0 Å². The maximum Gasteiger partial charge on any atom is 0.271 e. The molecule has 2 aromatic carbocycles. The molecule has 2 N–H and O–H groups in total. The molecular formula is C19H16N6O3S. The number of hydrogen-bond acceptors (Lipinski definition) is 7. The summed E-state index contributed by atoms with van der Waals surface area (Å²) in [5, 5.41) is 23.4. The SMILES string of the molecule is Cc1ccc([N+](=O)[O-])cc1NC(=O)CCSc1nnc2c(n1)[nH]c1ccccc12. The Bertz CT molecular complexity index is 1240. The van der Waals surface area contributed by atoms with Crippen molar-refractivity contribution in [3.8, 4) is 0 Å². The molecule has 1 amide bonds. The summed E-state index contributed by atoms with van der Waals surface area (Å²) >= 11 is 1.32. The second kappa shape index (κ2) is 7.84. The van der Waals surface area contributed by atoms with Crippen molar-refractivity contribution in [3.63, 3.8) is 0 Å². The molecule has 0 unspecified atom stereocenters. The standard InChI is InChI=1S/C19H16N6O3S/c1-11-6-7-12(25(27)28)10-15(11)20-16(26)8-9-29-19-22-18-17(23-24-19)13-4-2-3-5-14(13)21-18/h2-7,10H,8-9H2,1H3,(H,20,26)(H,21,22,24). The highest BCUT2D eigenvalue weighted by molar-refractivity contribution is 7.99. The highest BCUT2D eigenvalue weighted by Gasteiger charge is 2.12. The van der Waals surface area contributed by atoms with Crippen LogP contribution in [0.1, 0.15) is 12.0 Å². The van der Waals surface area contributed by atoms with Crippen LogP contribution >= 0.6 is 11.8 Å². The third-order valence-corrected chi connectivity index (χ3v) is 5.21. The normalized spacial score (nSPS) is 11.1. The average Bonchev–Trinajstić information content (AvgIpc) is 3.07. The fourth-order valence-corrected chi connectivity index (χ4v) is 3.60. The van der Waals surface area contributed by atoms with Crippen LogP contribution in [0.2, 0.25) is 0 Å². The number of nitrogens with zero attached hydrogens (tertiary/aromatic N) is 4. The Morgan fingerprint density at radius 2 is 2.07 bits per heavy atom. The lowest BCUT2D eigenvalue weighted by Crippen LogP contribution is -2.13. The fourth-order valence-electron chi connectivity index (χ4n) is 2.87. The van der Waals surface area contributed by atoms with E-state index in [4.69, 9.17) is 0 Å². The summed E-state index contributed by atoms with van der Waals surface area (Å²) in [4.78, 5) is 30.3. The zero-order chi connectivity index (χ0) is 20.4. The first kappa shape index (κ1) is 18.8. The van der Waals surface area contributed by atoms with Gasteiger partial charge in [0.1, 0.15) is 5.52 Å². The molecule has 0 aliphatic rings. The maximum absolute atomic E-state index is 12.2. The van der Waals surface area contributed by atoms with Crippen LogP contribution in [0.15, 0.2) is 47.6 Å². The number of aromatic amines is 1. The monoisotopic (exact) mass is 408 g/mol. The van der Waals surface area contributed by atoms with E-state index in [2.05, 4.69) is 25.5 Å². The van der Waals surface area contributed by atoms with Crippen LogP contribution in [0.5, 0.6) is 0 Å². The molecule has 146 valence electrons. The summed E-state index contributed by atoms with van der Waals surface area (Å²) in [5.74, 6) is 0.216. The van der Waals surface area contributed by atoms with Gasteiger partial charge in [-0.25, -0.2) is 4.98 Å². The minimum absolute atomic E-state index is 0.0635. The van der Waals surface area contributed by atoms with E-state index in [1.54, 1.807) is 13.0 Å². The van der Waals surface area contributed by atoms with E-state index in [1.807, 2.05) is 24.3 Å². The molecule has 2 heterocycles. The number of benzene rings is 2. The lowest BCUT2D eigenvalue weighted by Gasteiger charge is -2.08. The third-order valence-electron chi connectivity index (χ3n) is 4.37. The van der Waals surface area contributed by atoms with E-state index in [9.17, 15) is 14.9 Å². The van der Waals surface area contributed by atoms with Gasteiger partial charge in [-0.2, -0.15) is 0 Å². The van der Waals surface area contributed by atoms with Gasteiger partial charge >= 0.3 is 0 Å². The molecule has 4 rings (SSSR count). The van der Waals surface area contributed by atoms with Gasteiger partial charge in [0.15, 0.2) is 5.65 Å². The highest BCUT2D eigenvalue weighted by atomic mass is 32.2. The number of thioether (sulfide) groups is 1. The number of rotatable bonds is 6. The number of carbonyl (C=O) groups excluding carboxylic acids is 1. The number of hydrogen-bond donors (Lipinski definition) is 2. The lowest BCUT2D eigenvalue weighted by atomic mass is 10.2. The highest BCUT2D eigenvalue weighted by Crippen LogP contribution is 2.24. The van der Waals surface area contributed by atoms with Crippen LogP contribution in [-0.2, 0) is 4.79 Å². The molecule has 0 fully saturated rings. The first-order chi connectivity index (χ1) is 14.0. The van der Waals surface area contributed by atoms with E-state index < -0.39 is 4.92 Å². The van der Waals surface area contributed by atoms with Gasteiger partial charge in [0.25, 0.3) is 5.69 Å². The predicted octanol–water partition coefficient (Wildman–Crippen LogP) is 3.84. The predicted molar refractivity (Wildman–Crippen MR) is 111 cm³/mol. The number of para-hydroxylation sites is 1. The number of H-pyrrole nitrogens is 1. The number of aryl methyl sites for hydroxylation is 1. The number of aromatic nitrogens is 4. The van der Waals surface area contributed by atoms with Crippen LogP contribution in [0, 0.1) is 17.0 Å². The van der Waals surface area contributed by atoms with E-state index in [0.717, 1.165) is 16.5 Å². The number of anilines is 1. The van der Waals surface area contributed by atoms with Gasteiger partial charge in [-0.15, -0.1) is 10.2 Å². The molecule has 0 atom stereocenters. The number of nitro benzene ring substituents is 1. The van der Waals surface area contributed by atoms with Crippen molar-refractivity contribution in [3.05, 3.63) is 58.1 Å². The molecule has 29 heavy (non-hydrogen) atoms. The molecule has 0 saturated heterocycles. The van der Waals surface area contributed by atoms with E-state index in [0.29, 0.717) is 27.8 Å². The topological polar surface area (TPSA) is 127 Å². The van der Waals surface area contributed by atoms with Crippen molar-refractivity contribution in [2.45, 2.75) is 18.5 Å². The molecule has 10 heteroatoms. The quantitative estimate of drug-likeness (QED) is 0.282. The van der Waals surface area contributed by atoms with Gasteiger partial charge < -0.3 is 10.3 Å². The largest absolute Gasteiger partial charge is 0.338 e. The van der Waals surface area contributed by atoms with Gasteiger partial charge in [-0.1, -0.05) is 36.0 Å². The second-order valence-electron chi connectivity index (χ2n) is 6.37. The number of amides is 1. The van der Waals surface area contributed by atoms with Crippen molar-refractivity contribution in [1.82, 2.24) is 20.2 Å². The molecule has 0 bridgehead atoms. The number of fused-ring (bicyclic) bond motifs is 3. The summed E-state index contributed by atoms with van der Waals surface area (Å²) in [5.41, 5.74) is 3.44. The Kier molecular flexibility index (Phi) is 5.09. The molecular weight excluding hydrogens is 392 g/mol. The van der Waals surface area contributed by atoms with Crippen LogP contribution in [0.3, 0.4) is 0 Å². The summed E-state index contributed by atoms with van der Waals surface area (Å²) in [6.07, 6.45) is 0.209. The molecule has 0 aliphatic carbocycles. The van der Waals surface area contributed by atoms with Crippen LogP contribution in [-0.4, -0.2) is 36.7 Å². The maximum atomic E-state index is 12.2. The summed E-state index contributed by atoms with van der Waals surface area (Å²) in [7, 11) is 0. The first-order valence-corrected chi connectivity index (χ1v) is 9.78. The van der Waals surface area contributed by atoms with Crippen LogP contribution < -0.4 is 5.32 Å². The van der Waals surface area contributed by atoms with Crippen LogP contribution in [0.4, 0.5) is 11.4 Å². The number of nitrogens with one attached hydrogen (secondary N) is 2. The second-order valence-corrected chi connectivity index (χ2v) is 7.43. The van der Waals surface area contributed by atoms with Gasteiger partial charge in [0.2, 0.25) is 11.1 Å². The molecule has 4 aromatic rings. The van der Waals surface area contributed by atoms with Gasteiger partial charge in [0, 0.05) is 35.2 Å². The van der Waals surface area contributed by atoms with Gasteiger partial charge in [-0.05, 0) is 18.6 Å². The molecule has 0 aliphatic heterocycles. The Balaban J connectivity index is 1.38. The molecule has 2 aromatic heterocycles. The third kappa shape index (κ3) is 4.02. The molecule has 0 radical (unpaired) electrons. The average molecular weight is 408 g/mol. The molecule has 9 nitrogen and oxygen atoms in total. The summed E-state index contributed by atoms with van der Waals surface area (Å²) < 4.78 is 0. The van der Waals surface area contributed by atoms with E-state index in [-0.39, 0.29) is 18.0 Å². The fraction of sp³-hybridized carbons (Fsp3) is 0.158. The Hall–Kier alpha value is -3.53. The Labute approximate surface area is 169 Å². The van der Waals surface area contributed by atoms with Gasteiger partial charge in [0.05, 0.1) is 10.6 Å². The summed E-state index contributed by atoms with van der Waals surface area (Å²) in [6, 6.07) is 12.1. The van der Waals surface area contributed by atoms with Crippen LogP contribution in [0.25, 0.3) is 22.1 Å². The minimum atomic E-state index is -0.491. The van der Waals surface area contributed by atoms with Crippen molar-refractivity contribution in [2.75, 3.05) is 11.1 Å². The van der Waals surface area contributed by atoms with Crippen molar-refractivity contribution in [1.29, 1.82) is 0 Å². The minimum Gasteiger partial charge on any atom is -0.338 e. The zero-order valence-electron chi connectivity index (χ0n) is 15.4. The smallest absolute Gasteiger partial charge is 0.271 e.